The van der Waals surface area contributed by atoms with Crippen molar-refractivity contribution < 1.29 is 14.3 Å². The summed E-state index contributed by atoms with van der Waals surface area (Å²) < 4.78 is 12.7. The van der Waals surface area contributed by atoms with Crippen LogP contribution in [0, 0.1) is 5.82 Å². The topological polar surface area (TPSA) is 92.6 Å². The summed E-state index contributed by atoms with van der Waals surface area (Å²) in [7, 11) is 0. The molecule has 0 saturated heterocycles. The molecule has 0 aliphatic heterocycles. The van der Waals surface area contributed by atoms with E-state index in [0.29, 0.717) is 0 Å². The quantitative estimate of drug-likeness (QED) is 0.410. The predicted octanol–water partition coefficient (Wildman–Crippen LogP) is 0.776. The van der Waals surface area contributed by atoms with Crippen molar-refractivity contribution in [3.63, 3.8) is 0 Å². The number of aliphatic carboxylic acids is 1. The second kappa shape index (κ2) is 5.31. The monoisotopic (exact) mass is 239 g/mol. The van der Waals surface area contributed by atoms with E-state index in [1.165, 1.54) is 24.1 Å². The van der Waals surface area contributed by atoms with Gasteiger partial charge in [0, 0.05) is 0 Å². The van der Waals surface area contributed by atoms with Gasteiger partial charge in [-0.15, -0.1) is 0 Å². The number of nitrogens with zero attached hydrogens (tertiary/aromatic N) is 1. The number of nitrogens with two attached hydrogens (primary N) is 2. The molecule has 1 aromatic carbocycles. The zero-order valence-electron chi connectivity index (χ0n) is 9.35. The minimum absolute atomic E-state index is 0.250. The average Bonchev–Trinajstić information content (AvgIpc) is 2.30. The van der Waals surface area contributed by atoms with Crippen LogP contribution in [0.1, 0.15) is 12.5 Å². The molecule has 1 rings (SSSR count). The Labute approximate surface area is 98.1 Å². The number of benzene rings is 1. The van der Waals surface area contributed by atoms with Crippen LogP contribution < -0.4 is 11.6 Å². The highest BCUT2D eigenvalue weighted by Crippen LogP contribution is 2.09. The Morgan fingerprint density at radius 1 is 1.41 bits per heavy atom. The van der Waals surface area contributed by atoms with Crippen molar-refractivity contribution in [3.8, 4) is 0 Å². The van der Waals surface area contributed by atoms with E-state index in [9.17, 15) is 9.18 Å². The Balaban J connectivity index is 2.79. The molecule has 0 spiro atoms. The summed E-state index contributed by atoms with van der Waals surface area (Å²) >= 11 is 0. The molecule has 0 bridgehead atoms. The van der Waals surface area contributed by atoms with Crippen molar-refractivity contribution in [2.45, 2.75) is 13.5 Å². The maximum atomic E-state index is 12.7. The van der Waals surface area contributed by atoms with Gasteiger partial charge in [0.1, 0.15) is 11.5 Å². The molecule has 0 saturated carbocycles. The summed E-state index contributed by atoms with van der Waals surface area (Å²) in [6.45, 7) is 1.76. The molecule has 5 nitrogen and oxygen atoms in total. The van der Waals surface area contributed by atoms with E-state index in [2.05, 4.69) is 0 Å². The SMILES string of the molecule is C/C(=C(/N)C(=O)O)N(N)Cc1ccc(F)cc1. The van der Waals surface area contributed by atoms with Crippen LogP contribution >= 0.6 is 0 Å². The number of hydrazine groups is 1. The summed E-state index contributed by atoms with van der Waals surface area (Å²) in [5.41, 5.74) is 6.03. The lowest BCUT2D eigenvalue weighted by atomic mass is 10.2. The van der Waals surface area contributed by atoms with E-state index in [-0.39, 0.29) is 23.8 Å². The van der Waals surface area contributed by atoms with Gasteiger partial charge in [0.15, 0.2) is 0 Å². The maximum Gasteiger partial charge on any atom is 0.353 e. The van der Waals surface area contributed by atoms with Crippen molar-refractivity contribution in [1.82, 2.24) is 5.01 Å². The molecule has 17 heavy (non-hydrogen) atoms. The number of rotatable bonds is 4. The van der Waals surface area contributed by atoms with E-state index < -0.39 is 5.97 Å². The first-order valence-corrected chi connectivity index (χ1v) is 4.88. The highest BCUT2D eigenvalue weighted by Gasteiger charge is 2.11. The molecule has 0 aliphatic carbocycles. The lowest BCUT2D eigenvalue weighted by Gasteiger charge is -2.20. The van der Waals surface area contributed by atoms with Crippen molar-refractivity contribution in [3.05, 3.63) is 47.0 Å². The van der Waals surface area contributed by atoms with Crippen molar-refractivity contribution in [2.24, 2.45) is 11.6 Å². The van der Waals surface area contributed by atoms with E-state index in [1.54, 1.807) is 12.1 Å². The molecule has 1 aromatic rings. The minimum atomic E-state index is -1.22. The van der Waals surface area contributed by atoms with Crippen LogP contribution in [0.15, 0.2) is 35.7 Å². The molecule has 0 unspecified atom stereocenters. The molecule has 0 heterocycles. The standard InChI is InChI=1S/C11H14FN3O2/c1-7(10(13)11(16)17)15(14)6-8-2-4-9(12)5-3-8/h2-5H,6,13-14H2,1H3,(H,16,17)/b10-7-. The van der Waals surface area contributed by atoms with Crippen LogP contribution in [0.3, 0.4) is 0 Å². The Hall–Kier alpha value is -2.08. The number of hydrogen-bond acceptors (Lipinski definition) is 4. The normalized spacial score (nSPS) is 11.9. The molecular weight excluding hydrogens is 225 g/mol. The fourth-order valence-electron chi connectivity index (χ4n) is 1.21. The third-order valence-corrected chi connectivity index (χ3v) is 2.32. The summed E-state index contributed by atoms with van der Waals surface area (Å²) in [5.74, 6) is 4.10. The van der Waals surface area contributed by atoms with Gasteiger partial charge in [-0.25, -0.2) is 15.0 Å². The second-order valence-electron chi connectivity index (χ2n) is 3.56. The number of carbonyl (C=O) groups is 1. The van der Waals surface area contributed by atoms with Crippen LogP contribution in [0.5, 0.6) is 0 Å². The summed E-state index contributed by atoms with van der Waals surface area (Å²) in [6, 6.07) is 5.75. The maximum absolute atomic E-state index is 12.7. The van der Waals surface area contributed by atoms with E-state index in [1.807, 2.05) is 0 Å². The third kappa shape index (κ3) is 3.46. The van der Waals surface area contributed by atoms with Gasteiger partial charge in [0.05, 0.1) is 12.2 Å². The van der Waals surface area contributed by atoms with Crippen LogP contribution in [0.4, 0.5) is 4.39 Å². The summed E-state index contributed by atoms with van der Waals surface area (Å²) in [4.78, 5) is 10.6. The van der Waals surface area contributed by atoms with E-state index in [4.69, 9.17) is 16.7 Å². The highest BCUT2D eigenvalue weighted by molar-refractivity contribution is 5.86. The third-order valence-electron chi connectivity index (χ3n) is 2.32. The van der Waals surface area contributed by atoms with Gasteiger partial charge < -0.3 is 15.8 Å². The zero-order chi connectivity index (χ0) is 13.0. The van der Waals surface area contributed by atoms with Gasteiger partial charge in [0.25, 0.3) is 0 Å². The van der Waals surface area contributed by atoms with E-state index >= 15 is 0 Å². The van der Waals surface area contributed by atoms with Crippen molar-refractivity contribution in [1.29, 1.82) is 0 Å². The molecule has 0 aliphatic rings. The number of carboxylic acids is 1. The molecule has 5 N–H and O–H groups in total. The molecule has 6 heteroatoms. The number of allylic oxidation sites excluding steroid dienone is 1. The van der Waals surface area contributed by atoms with Crippen molar-refractivity contribution >= 4 is 5.97 Å². The minimum Gasteiger partial charge on any atom is -0.477 e. The van der Waals surface area contributed by atoms with Gasteiger partial charge in [-0.3, -0.25) is 0 Å². The molecule has 0 amide bonds. The fourth-order valence-corrected chi connectivity index (χ4v) is 1.21. The van der Waals surface area contributed by atoms with Gasteiger partial charge >= 0.3 is 5.97 Å². The molecule has 0 fully saturated rings. The van der Waals surface area contributed by atoms with Crippen LogP contribution in [-0.4, -0.2) is 16.1 Å². The second-order valence-corrected chi connectivity index (χ2v) is 3.56. The molecule has 92 valence electrons. The Morgan fingerprint density at radius 3 is 2.41 bits per heavy atom. The van der Waals surface area contributed by atoms with Gasteiger partial charge in [-0.05, 0) is 24.6 Å². The van der Waals surface area contributed by atoms with E-state index in [0.717, 1.165) is 5.56 Å². The summed E-state index contributed by atoms with van der Waals surface area (Å²) in [6.07, 6.45) is 0. The first kappa shape index (κ1) is 13.0. The molecule has 0 atom stereocenters. The average molecular weight is 239 g/mol. The highest BCUT2D eigenvalue weighted by atomic mass is 19.1. The Morgan fingerprint density at radius 2 is 1.94 bits per heavy atom. The molecule has 0 radical (unpaired) electrons. The number of carboxylic acid groups (broad SMARTS) is 1. The smallest absolute Gasteiger partial charge is 0.353 e. The fraction of sp³-hybridized carbons (Fsp3) is 0.182. The Bertz CT molecular complexity index is 443. The van der Waals surface area contributed by atoms with Crippen molar-refractivity contribution in [2.75, 3.05) is 0 Å². The lowest BCUT2D eigenvalue weighted by molar-refractivity contribution is -0.132. The Kier molecular flexibility index (Phi) is 4.06. The number of halogens is 1. The lowest BCUT2D eigenvalue weighted by Crippen LogP contribution is -2.32. The van der Waals surface area contributed by atoms with Gasteiger partial charge in [-0.2, -0.15) is 0 Å². The van der Waals surface area contributed by atoms with Gasteiger partial charge in [-0.1, -0.05) is 12.1 Å². The summed E-state index contributed by atoms with van der Waals surface area (Å²) in [5, 5.41) is 9.89. The van der Waals surface area contributed by atoms with Crippen LogP contribution in [0.25, 0.3) is 0 Å². The number of hydrogen-bond donors (Lipinski definition) is 3. The van der Waals surface area contributed by atoms with Crippen LogP contribution in [0.2, 0.25) is 0 Å². The first-order chi connectivity index (χ1) is 7.91. The molecule has 0 aromatic heterocycles. The largest absolute Gasteiger partial charge is 0.477 e. The van der Waals surface area contributed by atoms with Gasteiger partial charge in [0.2, 0.25) is 0 Å². The molecular formula is C11H14FN3O2. The van der Waals surface area contributed by atoms with Crippen LogP contribution in [-0.2, 0) is 11.3 Å². The first-order valence-electron chi connectivity index (χ1n) is 4.88. The predicted molar refractivity (Wildman–Crippen MR) is 60.7 cm³/mol. The zero-order valence-corrected chi connectivity index (χ0v) is 9.35.